The molecule has 4 rings (SSSR count). The molecule has 2 aliphatic rings. The Hall–Kier alpha value is -1.86. The molecular weight excluding hydrogens is 368 g/mol. The molecule has 1 aliphatic carbocycles. The lowest BCUT2D eigenvalue weighted by atomic mass is 10.0. The highest BCUT2D eigenvalue weighted by Crippen LogP contribution is 2.35. The smallest absolute Gasteiger partial charge is 0.273 e. The third-order valence-electron chi connectivity index (χ3n) is 5.19. The van der Waals surface area contributed by atoms with E-state index in [0.717, 1.165) is 55.5 Å². The largest absolute Gasteiger partial charge is 0.326 e. The number of rotatable bonds is 4. The maximum atomic E-state index is 12.9. The van der Waals surface area contributed by atoms with Gasteiger partial charge in [0.2, 0.25) is 5.91 Å². The summed E-state index contributed by atoms with van der Waals surface area (Å²) in [4.78, 5) is 12.3. The van der Waals surface area contributed by atoms with Crippen molar-refractivity contribution in [3.63, 3.8) is 0 Å². The van der Waals surface area contributed by atoms with Gasteiger partial charge in [0.1, 0.15) is 4.21 Å². The first-order valence-electron chi connectivity index (χ1n) is 9.06. The van der Waals surface area contributed by atoms with Crippen molar-refractivity contribution in [3.8, 4) is 0 Å². The van der Waals surface area contributed by atoms with Crippen molar-refractivity contribution in [2.75, 3.05) is 16.2 Å². The lowest BCUT2D eigenvalue weighted by molar-refractivity contribution is -0.119. The maximum Gasteiger partial charge on any atom is 0.273 e. The van der Waals surface area contributed by atoms with Crippen LogP contribution in [0.1, 0.15) is 37.7 Å². The van der Waals surface area contributed by atoms with E-state index in [2.05, 4.69) is 5.32 Å². The highest BCUT2D eigenvalue weighted by Gasteiger charge is 2.30. The molecule has 0 bridgehead atoms. The number of hydrogen-bond acceptors (Lipinski definition) is 4. The highest BCUT2D eigenvalue weighted by atomic mass is 32.2. The Bertz CT molecular complexity index is 901. The van der Waals surface area contributed by atoms with E-state index in [1.807, 2.05) is 18.2 Å². The molecular formula is C19H22N2O3S2. The molecule has 7 heteroatoms. The average Bonchev–Trinajstić information content (AvgIpc) is 3.34. The zero-order valence-electron chi connectivity index (χ0n) is 14.5. The molecule has 1 fully saturated rings. The van der Waals surface area contributed by atoms with Gasteiger partial charge in [-0.05, 0) is 60.9 Å². The van der Waals surface area contributed by atoms with Crippen molar-refractivity contribution in [1.29, 1.82) is 0 Å². The van der Waals surface area contributed by atoms with Gasteiger partial charge in [0.05, 0.1) is 5.69 Å². The summed E-state index contributed by atoms with van der Waals surface area (Å²) in [6.45, 7) is 0.487. The van der Waals surface area contributed by atoms with E-state index in [9.17, 15) is 13.2 Å². The Morgan fingerprint density at radius 2 is 1.96 bits per heavy atom. The van der Waals surface area contributed by atoms with Gasteiger partial charge in [-0.15, -0.1) is 11.3 Å². The first-order chi connectivity index (χ1) is 12.6. The van der Waals surface area contributed by atoms with Crippen LogP contribution in [0.3, 0.4) is 0 Å². The minimum absolute atomic E-state index is 0.0846. The Balaban J connectivity index is 1.59. The number of anilines is 2. The number of amides is 1. The van der Waals surface area contributed by atoms with E-state index in [1.54, 1.807) is 17.5 Å². The van der Waals surface area contributed by atoms with E-state index in [0.29, 0.717) is 10.8 Å². The van der Waals surface area contributed by atoms with Crippen LogP contribution in [0.4, 0.5) is 11.4 Å². The Morgan fingerprint density at radius 1 is 1.15 bits per heavy atom. The number of benzene rings is 1. The van der Waals surface area contributed by atoms with Gasteiger partial charge in [0, 0.05) is 18.2 Å². The van der Waals surface area contributed by atoms with Gasteiger partial charge in [-0.2, -0.15) is 0 Å². The fourth-order valence-electron chi connectivity index (χ4n) is 3.84. The van der Waals surface area contributed by atoms with Crippen LogP contribution in [0.15, 0.2) is 39.9 Å². The van der Waals surface area contributed by atoms with Crippen LogP contribution in [0.5, 0.6) is 0 Å². The van der Waals surface area contributed by atoms with Gasteiger partial charge < -0.3 is 5.32 Å². The molecule has 1 aromatic carbocycles. The number of sulfonamides is 1. The Kier molecular flexibility index (Phi) is 4.75. The molecule has 0 spiro atoms. The van der Waals surface area contributed by atoms with Crippen LogP contribution in [0, 0.1) is 5.92 Å². The van der Waals surface area contributed by atoms with Crippen molar-refractivity contribution in [2.24, 2.45) is 5.92 Å². The third kappa shape index (κ3) is 3.25. The van der Waals surface area contributed by atoms with Gasteiger partial charge in [-0.25, -0.2) is 8.42 Å². The summed E-state index contributed by atoms with van der Waals surface area (Å²) in [5.41, 5.74) is 2.46. The fourth-order valence-corrected chi connectivity index (χ4v) is 6.49. The first kappa shape index (κ1) is 17.5. The van der Waals surface area contributed by atoms with Gasteiger partial charge in [0.15, 0.2) is 0 Å². The Morgan fingerprint density at radius 3 is 2.69 bits per heavy atom. The van der Waals surface area contributed by atoms with Crippen molar-refractivity contribution in [3.05, 3.63) is 41.3 Å². The molecule has 5 nitrogen and oxygen atoms in total. The summed E-state index contributed by atoms with van der Waals surface area (Å²) in [6.07, 6.45) is 5.76. The van der Waals surface area contributed by atoms with E-state index >= 15 is 0 Å². The maximum absolute atomic E-state index is 12.9. The highest BCUT2D eigenvalue weighted by molar-refractivity contribution is 7.94. The molecule has 1 amide bonds. The minimum Gasteiger partial charge on any atom is -0.326 e. The summed E-state index contributed by atoms with van der Waals surface area (Å²) >= 11 is 1.24. The van der Waals surface area contributed by atoms with Crippen LogP contribution in [-0.4, -0.2) is 20.9 Å². The van der Waals surface area contributed by atoms with E-state index in [-0.39, 0.29) is 11.8 Å². The summed E-state index contributed by atoms with van der Waals surface area (Å²) in [6, 6.07) is 8.96. The number of carbonyl (C=O) groups excluding carboxylic acids is 1. The number of nitrogens with zero attached hydrogens (tertiary/aromatic N) is 1. The first-order valence-corrected chi connectivity index (χ1v) is 11.4. The molecule has 138 valence electrons. The predicted molar refractivity (Wildman–Crippen MR) is 104 cm³/mol. The molecule has 0 radical (unpaired) electrons. The summed E-state index contributed by atoms with van der Waals surface area (Å²) in [7, 11) is -3.52. The normalized spacial score (nSPS) is 17.9. The van der Waals surface area contributed by atoms with E-state index in [1.165, 1.54) is 15.6 Å². The summed E-state index contributed by atoms with van der Waals surface area (Å²) in [5, 5.41) is 4.79. The van der Waals surface area contributed by atoms with Crippen molar-refractivity contribution in [2.45, 2.75) is 42.7 Å². The van der Waals surface area contributed by atoms with Crippen LogP contribution < -0.4 is 9.62 Å². The lowest BCUT2D eigenvalue weighted by Crippen LogP contribution is -2.35. The zero-order chi connectivity index (χ0) is 18.1. The molecule has 1 aliphatic heterocycles. The number of thiophene rings is 1. The fraction of sp³-hybridized carbons (Fsp3) is 0.421. The monoisotopic (exact) mass is 390 g/mol. The average molecular weight is 391 g/mol. The molecule has 1 aromatic heterocycles. The molecule has 1 saturated carbocycles. The zero-order valence-corrected chi connectivity index (χ0v) is 16.1. The molecule has 2 heterocycles. The SMILES string of the molecule is O=C(Nc1ccc2c(c1)CCCN2S(=O)(=O)c1cccs1)C1CCCC1. The van der Waals surface area contributed by atoms with Gasteiger partial charge in [-0.1, -0.05) is 18.9 Å². The second kappa shape index (κ2) is 7.04. The summed E-state index contributed by atoms with van der Waals surface area (Å²) < 4.78 is 27.7. The van der Waals surface area contributed by atoms with Crippen LogP contribution in [0.25, 0.3) is 0 Å². The molecule has 2 aromatic rings. The van der Waals surface area contributed by atoms with E-state index < -0.39 is 10.0 Å². The third-order valence-corrected chi connectivity index (χ3v) is 8.37. The van der Waals surface area contributed by atoms with Crippen molar-refractivity contribution < 1.29 is 13.2 Å². The van der Waals surface area contributed by atoms with Gasteiger partial charge in [0.25, 0.3) is 10.0 Å². The quantitative estimate of drug-likeness (QED) is 0.857. The number of aryl methyl sites for hydroxylation is 1. The Labute approximate surface area is 158 Å². The molecule has 0 saturated heterocycles. The molecule has 0 unspecified atom stereocenters. The topological polar surface area (TPSA) is 66.5 Å². The van der Waals surface area contributed by atoms with Crippen LogP contribution in [0.2, 0.25) is 0 Å². The van der Waals surface area contributed by atoms with Gasteiger partial charge in [-0.3, -0.25) is 9.10 Å². The van der Waals surface area contributed by atoms with E-state index in [4.69, 9.17) is 0 Å². The second-order valence-electron chi connectivity index (χ2n) is 6.93. The van der Waals surface area contributed by atoms with Crippen LogP contribution in [-0.2, 0) is 21.2 Å². The molecule has 26 heavy (non-hydrogen) atoms. The number of hydrogen-bond donors (Lipinski definition) is 1. The van der Waals surface area contributed by atoms with Gasteiger partial charge >= 0.3 is 0 Å². The molecule has 1 N–H and O–H groups in total. The summed E-state index contributed by atoms with van der Waals surface area (Å²) in [5.74, 6) is 0.197. The standard InChI is InChI=1S/C19H22N2O3S2/c22-19(14-5-1-2-6-14)20-16-9-10-17-15(13-16)7-3-11-21(17)26(23,24)18-8-4-12-25-18/h4,8-10,12-14H,1-3,5-7,11H2,(H,20,22). The van der Waals surface area contributed by atoms with Crippen LogP contribution >= 0.6 is 11.3 Å². The predicted octanol–water partition coefficient (Wildman–Crippen LogP) is 4.02. The molecule has 0 atom stereocenters. The minimum atomic E-state index is -3.52. The van der Waals surface area contributed by atoms with Crippen molar-refractivity contribution >= 4 is 38.6 Å². The second-order valence-corrected chi connectivity index (χ2v) is 9.96. The lowest BCUT2D eigenvalue weighted by Gasteiger charge is -2.30. The number of nitrogens with one attached hydrogen (secondary N) is 1. The number of carbonyl (C=O) groups is 1. The van der Waals surface area contributed by atoms with Crippen molar-refractivity contribution in [1.82, 2.24) is 0 Å². The number of fused-ring (bicyclic) bond motifs is 1.